The van der Waals surface area contributed by atoms with Crippen molar-refractivity contribution in [2.45, 2.75) is 24.2 Å². The van der Waals surface area contributed by atoms with Crippen molar-refractivity contribution in [1.82, 2.24) is 20.2 Å². The Morgan fingerprint density at radius 3 is 3.11 bits per heavy atom. The van der Waals surface area contributed by atoms with E-state index in [2.05, 4.69) is 20.2 Å². The molecule has 6 nitrogen and oxygen atoms in total. The van der Waals surface area contributed by atoms with Gasteiger partial charge in [0.05, 0.1) is 12.3 Å². The van der Waals surface area contributed by atoms with Crippen LogP contribution in [0.1, 0.15) is 12.8 Å². The van der Waals surface area contributed by atoms with Crippen LogP contribution in [0.5, 0.6) is 0 Å². The Hall–Kier alpha value is -1.47. The number of thioether (sulfide) groups is 1. The van der Waals surface area contributed by atoms with Gasteiger partial charge in [-0.2, -0.15) is 0 Å². The molecule has 1 aliphatic rings. The van der Waals surface area contributed by atoms with Crippen molar-refractivity contribution in [3.63, 3.8) is 0 Å². The number of rotatable bonds is 4. The van der Waals surface area contributed by atoms with Gasteiger partial charge in [-0.1, -0.05) is 11.8 Å². The lowest BCUT2D eigenvalue weighted by atomic mass is 10.3. The zero-order valence-electron chi connectivity index (χ0n) is 9.65. The molecule has 0 unspecified atom stereocenters. The largest absolute Gasteiger partial charge is 0.410 e. The summed E-state index contributed by atoms with van der Waals surface area (Å²) in [6.07, 6.45) is 7.35. The third-order valence-electron chi connectivity index (χ3n) is 2.61. The molecule has 0 saturated carbocycles. The van der Waals surface area contributed by atoms with Gasteiger partial charge in [-0.05, 0) is 12.8 Å². The lowest BCUT2D eigenvalue weighted by Gasteiger charge is -2.05. The van der Waals surface area contributed by atoms with E-state index in [0.29, 0.717) is 22.9 Å². The molecule has 1 saturated heterocycles. The van der Waals surface area contributed by atoms with Crippen LogP contribution in [0.3, 0.4) is 0 Å². The maximum atomic E-state index is 5.53. The van der Waals surface area contributed by atoms with Crippen LogP contribution >= 0.6 is 11.8 Å². The van der Waals surface area contributed by atoms with Crippen molar-refractivity contribution in [3.8, 4) is 11.6 Å². The monoisotopic (exact) mass is 264 g/mol. The van der Waals surface area contributed by atoms with Crippen LogP contribution in [0.4, 0.5) is 0 Å². The minimum atomic E-state index is 0.307. The predicted molar refractivity (Wildman–Crippen MR) is 65.0 cm³/mol. The summed E-state index contributed by atoms with van der Waals surface area (Å²) >= 11 is 1.52. The van der Waals surface area contributed by atoms with Crippen LogP contribution in [-0.4, -0.2) is 38.6 Å². The summed E-state index contributed by atoms with van der Waals surface area (Å²) in [5.74, 6) is 1.25. The van der Waals surface area contributed by atoms with Gasteiger partial charge in [0, 0.05) is 24.8 Å². The van der Waals surface area contributed by atoms with Gasteiger partial charge in [-0.3, -0.25) is 4.98 Å². The first-order valence-electron chi connectivity index (χ1n) is 5.76. The van der Waals surface area contributed by atoms with Gasteiger partial charge in [-0.25, -0.2) is 4.98 Å². The average Bonchev–Trinajstić information content (AvgIpc) is 3.09. The number of hydrogen-bond acceptors (Lipinski definition) is 7. The standard InChI is InChI=1S/C11H12N4O2S/c1-2-8(16-5-1)7-18-11-15-14-10(17-11)9-6-12-3-4-13-9/h3-4,6,8H,1-2,5,7H2/t8-/m1/s1. The van der Waals surface area contributed by atoms with Crippen molar-refractivity contribution in [2.75, 3.05) is 12.4 Å². The van der Waals surface area contributed by atoms with Crippen LogP contribution in [0, 0.1) is 0 Å². The van der Waals surface area contributed by atoms with E-state index < -0.39 is 0 Å². The Morgan fingerprint density at radius 2 is 2.33 bits per heavy atom. The van der Waals surface area contributed by atoms with E-state index in [1.165, 1.54) is 11.8 Å². The fourth-order valence-corrected chi connectivity index (χ4v) is 2.55. The molecule has 0 radical (unpaired) electrons. The molecule has 0 spiro atoms. The first kappa shape index (κ1) is 11.6. The summed E-state index contributed by atoms with van der Waals surface area (Å²) in [6.45, 7) is 0.861. The molecule has 0 amide bonds. The highest BCUT2D eigenvalue weighted by Crippen LogP contribution is 2.24. The first-order valence-corrected chi connectivity index (χ1v) is 6.74. The minimum Gasteiger partial charge on any atom is -0.410 e. The normalized spacial score (nSPS) is 19.2. The Bertz CT molecular complexity index is 499. The van der Waals surface area contributed by atoms with Crippen LogP contribution < -0.4 is 0 Å². The van der Waals surface area contributed by atoms with E-state index >= 15 is 0 Å². The fourth-order valence-electron chi connectivity index (χ4n) is 1.72. The molecule has 18 heavy (non-hydrogen) atoms. The summed E-state index contributed by atoms with van der Waals surface area (Å²) < 4.78 is 11.0. The summed E-state index contributed by atoms with van der Waals surface area (Å²) in [4.78, 5) is 8.07. The molecule has 2 aromatic rings. The highest BCUT2D eigenvalue weighted by molar-refractivity contribution is 7.99. The zero-order chi connectivity index (χ0) is 12.2. The summed E-state index contributed by atoms with van der Waals surface area (Å²) in [7, 11) is 0. The quantitative estimate of drug-likeness (QED) is 0.779. The molecule has 0 bridgehead atoms. The molecule has 1 aliphatic heterocycles. The lowest BCUT2D eigenvalue weighted by molar-refractivity contribution is 0.128. The van der Waals surface area contributed by atoms with Gasteiger partial charge in [0.1, 0.15) is 5.69 Å². The second-order valence-electron chi connectivity index (χ2n) is 3.91. The van der Waals surface area contributed by atoms with Gasteiger partial charge in [0.25, 0.3) is 11.1 Å². The van der Waals surface area contributed by atoms with E-state index in [4.69, 9.17) is 9.15 Å². The second-order valence-corrected chi connectivity index (χ2v) is 4.88. The van der Waals surface area contributed by atoms with Gasteiger partial charge in [0.2, 0.25) is 0 Å². The summed E-state index contributed by atoms with van der Waals surface area (Å²) in [5, 5.41) is 8.47. The van der Waals surface area contributed by atoms with Gasteiger partial charge in [-0.15, -0.1) is 10.2 Å². The maximum Gasteiger partial charge on any atom is 0.277 e. The Balaban J connectivity index is 1.63. The van der Waals surface area contributed by atoms with E-state index in [1.807, 2.05) is 0 Å². The molecule has 0 aliphatic carbocycles. The molecule has 0 N–H and O–H groups in total. The molecular formula is C11H12N4O2S. The van der Waals surface area contributed by atoms with Crippen LogP contribution in [-0.2, 0) is 4.74 Å². The third kappa shape index (κ3) is 2.68. The van der Waals surface area contributed by atoms with Crippen molar-refractivity contribution in [2.24, 2.45) is 0 Å². The van der Waals surface area contributed by atoms with E-state index in [1.54, 1.807) is 18.6 Å². The molecule has 7 heteroatoms. The topological polar surface area (TPSA) is 73.9 Å². The van der Waals surface area contributed by atoms with Gasteiger partial charge in [0.15, 0.2) is 0 Å². The molecule has 94 valence electrons. The fraction of sp³-hybridized carbons (Fsp3) is 0.455. The number of ether oxygens (including phenoxy) is 1. The molecule has 1 atom stereocenters. The van der Waals surface area contributed by atoms with Crippen LogP contribution in [0.25, 0.3) is 11.6 Å². The molecule has 1 fully saturated rings. The molecule has 0 aromatic carbocycles. The Labute approximate surface area is 108 Å². The van der Waals surface area contributed by atoms with Crippen LogP contribution in [0.15, 0.2) is 28.2 Å². The van der Waals surface area contributed by atoms with Crippen molar-refractivity contribution in [3.05, 3.63) is 18.6 Å². The second kappa shape index (κ2) is 5.45. The van der Waals surface area contributed by atoms with Gasteiger partial charge >= 0.3 is 0 Å². The zero-order valence-corrected chi connectivity index (χ0v) is 10.5. The van der Waals surface area contributed by atoms with E-state index in [9.17, 15) is 0 Å². The van der Waals surface area contributed by atoms with Crippen molar-refractivity contribution in [1.29, 1.82) is 0 Å². The summed E-state index contributed by atoms with van der Waals surface area (Å²) in [5.41, 5.74) is 0.592. The molecule has 3 heterocycles. The number of nitrogens with zero attached hydrogens (tertiary/aromatic N) is 4. The Kier molecular flexibility index (Phi) is 3.51. The minimum absolute atomic E-state index is 0.307. The molecule has 3 rings (SSSR count). The smallest absolute Gasteiger partial charge is 0.277 e. The molecular weight excluding hydrogens is 252 g/mol. The lowest BCUT2D eigenvalue weighted by Crippen LogP contribution is -2.07. The van der Waals surface area contributed by atoms with Crippen molar-refractivity contribution >= 4 is 11.8 Å². The van der Waals surface area contributed by atoms with Crippen LogP contribution in [0.2, 0.25) is 0 Å². The highest BCUT2D eigenvalue weighted by Gasteiger charge is 2.17. The van der Waals surface area contributed by atoms with E-state index in [0.717, 1.165) is 25.2 Å². The Morgan fingerprint density at radius 1 is 1.33 bits per heavy atom. The summed E-state index contributed by atoms with van der Waals surface area (Å²) in [6, 6.07) is 0. The maximum absolute atomic E-state index is 5.53. The average molecular weight is 264 g/mol. The SMILES string of the molecule is c1cnc(-c2nnc(SC[C@H]3CCCO3)o2)cn1. The van der Waals surface area contributed by atoms with Crippen molar-refractivity contribution < 1.29 is 9.15 Å². The predicted octanol–water partition coefficient (Wildman–Crippen LogP) is 1.80. The van der Waals surface area contributed by atoms with Gasteiger partial charge < -0.3 is 9.15 Å². The third-order valence-corrected chi connectivity index (χ3v) is 3.56. The first-order chi connectivity index (χ1) is 8.92. The highest BCUT2D eigenvalue weighted by atomic mass is 32.2. The number of aromatic nitrogens is 4. The number of hydrogen-bond donors (Lipinski definition) is 0. The van der Waals surface area contributed by atoms with E-state index in [-0.39, 0.29) is 0 Å². The molecule has 2 aromatic heterocycles.